The summed E-state index contributed by atoms with van der Waals surface area (Å²) in [5.41, 5.74) is 47.0. The molecule has 0 saturated carbocycles. The molecule has 0 spiro atoms. The van der Waals surface area contributed by atoms with E-state index in [-0.39, 0.29) is 0 Å². The second kappa shape index (κ2) is 11.8. The SMILES string of the molecule is Cc1c(C)c(C)c(-c2c(C)c(-c3ccc(N)cc3)c(-c3ccc(N)cc3)c(-c3ccc(N)cc3)c2-c2ccc(N)cc2)c(C)c1C. The molecule has 0 saturated heterocycles. The third-order valence-corrected chi connectivity index (χ3v) is 9.80. The number of nitrogen functional groups attached to an aromatic ring is 4. The van der Waals surface area contributed by atoms with Gasteiger partial charge in [-0.3, -0.25) is 0 Å². The summed E-state index contributed by atoms with van der Waals surface area (Å²) in [5, 5.41) is 0. The van der Waals surface area contributed by atoms with Crippen LogP contribution in [0.25, 0.3) is 55.6 Å². The van der Waals surface area contributed by atoms with E-state index < -0.39 is 0 Å². The molecule has 0 heterocycles. The molecule has 0 aliphatic carbocycles. The molecule has 0 aliphatic rings. The standard InChI is InChI=1S/C42H42N4/c1-23-24(2)26(4)37(27(5)25(23)3)39-28(6)38(29-7-15-33(43)16-8-29)40(30-9-17-34(44)18-10-30)42(32-13-21-36(46)22-14-32)41(39)31-11-19-35(45)20-12-31/h7-22H,43-46H2,1-6H3. The van der Waals surface area contributed by atoms with E-state index >= 15 is 0 Å². The zero-order valence-corrected chi connectivity index (χ0v) is 27.5. The van der Waals surface area contributed by atoms with Gasteiger partial charge in [0.25, 0.3) is 0 Å². The van der Waals surface area contributed by atoms with Crippen molar-refractivity contribution < 1.29 is 0 Å². The third-order valence-electron chi connectivity index (χ3n) is 9.80. The van der Waals surface area contributed by atoms with Crippen molar-refractivity contribution in [2.24, 2.45) is 0 Å². The molecule has 0 aliphatic heterocycles. The van der Waals surface area contributed by atoms with Crippen molar-refractivity contribution in [1.29, 1.82) is 0 Å². The van der Waals surface area contributed by atoms with Crippen molar-refractivity contribution >= 4 is 22.7 Å². The average molecular weight is 603 g/mol. The minimum absolute atomic E-state index is 0.717. The first-order valence-corrected chi connectivity index (χ1v) is 15.7. The Hall–Kier alpha value is -5.48. The summed E-state index contributed by atoms with van der Waals surface area (Å²) in [5.74, 6) is 0. The molecule has 0 bridgehead atoms. The Morgan fingerprint density at radius 3 is 0.804 bits per heavy atom. The van der Waals surface area contributed by atoms with Gasteiger partial charge in [-0.1, -0.05) is 48.5 Å². The third kappa shape index (κ3) is 5.16. The molecule has 0 unspecified atom stereocenters. The topological polar surface area (TPSA) is 104 Å². The van der Waals surface area contributed by atoms with E-state index in [9.17, 15) is 0 Å². The predicted molar refractivity (Wildman–Crippen MR) is 200 cm³/mol. The first-order chi connectivity index (χ1) is 22.0. The molecular formula is C42H42N4. The average Bonchev–Trinajstić information content (AvgIpc) is 3.05. The van der Waals surface area contributed by atoms with Crippen LogP contribution in [0.3, 0.4) is 0 Å². The van der Waals surface area contributed by atoms with Gasteiger partial charge in [0.2, 0.25) is 0 Å². The van der Waals surface area contributed by atoms with Gasteiger partial charge in [-0.05, 0) is 179 Å². The van der Waals surface area contributed by atoms with Crippen molar-refractivity contribution in [3.05, 3.63) is 130 Å². The smallest absolute Gasteiger partial charge is 0.0314 e. The van der Waals surface area contributed by atoms with E-state index in [4.69, 9.17) is 22.9 Å². The van der Waals surface area contributed by atoms with Crippen molar-refractivity contribution in [3.63, 3.8) is 0 Å². The van der Waals surface area contributed by atoms with Crippen LogP contribution in [-0.2, 0) is 0 Å². The molecule has 6 aromatic rings. The summed E-state index contributed by atoms with van der Waals surface area (Å²) >= 11 is 0. The molecule has 0 radical (unpaired) electrons. The number of hydrogen-bond acceptors (Lipinski definition) is 4. The molecule has 6 rings (SSSR count). The minimum atomic E-state index is 0.717. The largest absolute Gasteiger partial charge is 0.399 e. The first kappa shape index (κ1) is 30.5. The first-order valence-electron chi connectivity index (χ1n) is 15.7. The van der Waals surface area contributed by atoms with Crippen LogP contribution in [0.4, 0.5) is 22.7 Å². The molecular weight excluding hydrogens is 560 g/mol. The summed E-state index contributed by atoms with van der Waals surface area (Å²) in [7, 11) is 0. The second-order valence-electron chi connectivity index (χ2n) is 12.5. The lowest BCUT2D eigenvalue weighted by molar-refractivity contribution is 1.18. The fourth-order valence-electron chi connectivity index (χ4n) is 6.89. The number of benzene rings is 6. The predicted octanol–water partition coefficient (Wildman–Crippen LogP) is 10.2. The Labute approximate surface area is 272 Å². The maximum Gasteiger partial charge on any atom is 0.0314 e. The molecule has 8 N–H and O–H groups in total. The number of nitrogens with two attached hydrogens (primary N) is 4. The summed E-state index contributed by atoms with van der Waals surface area (Å²) < 4.78 is 0. The highest BCUT2D eigenvalue weighted by atomic mass is 14.6. The van der Waals surface area contributed by atoms with Gasteiger partial charge in [0.05, 0.1) is 0 Å². The van der Waals surface area contributed by atoms with Gasteiger partial charge in [-0.25, -0.2) is 0 Å². The maximum atomic E-state index is 6.27. The van der Waals surface area contributed by atoms with Crippen molar-refractivity contribution in [3.8, 4) is 55.6 Å². The van der Waals surface area contributed by atoms with Crippen molar-refractivity contribution in [1.82, 2.24) is 0 Å². The van der Waals surface area contributed by atoms with E-state index in [1.807, 2.05) is 48.5 Å². The highest BCUT2D eigenvalue weighted by Gasteiger charge is 2.29. The Kier molecular flexibility index (Phi) is 7.83. The summed E-state index contributed by atoms with van der Waals surface area (Å²) in [4.78, 5) is 0. The van der Waals surface area contributed by atoms with Gasteiger partial charge in [0, 0.05) is 22.7 Å². The lowest BCUT2D eigenvalue weighted by Gasteiger charge is -2.30. The van der Waals surface area contributed by atoms with E-state index in [0.29, 0.717) is 0 Å². The number of rotatable bonds is 5. The molecule has 0 atom stereocenters. The van der Waals surface area contributed by atoms with Crippen LogP contribution in [0.5, 0.6) is 0 Å². The Bertz CT molecular complexity index is 2060. The van der Waals surface area contributed by atoms with Crippen LogP contribution in [-0.4, -0.2) is 0 Å². The van der Waals surface area contributed by atoms with E-state index in [1.54, 1.807) is 0 Å². The van der Waals surface area contributed by atoms with Gasteiger partial charge in [-0.2, -0.15) is 0 Å². The molecule has 0 amide bonds. The van der Waals surface area contributed by atoms with Gasteiger partial charge < -0.3 is 22.9 Å². The zero-order valence-electron chi connectivity index (χ0n) is 27.5. The number of anilines is 4. The highest BCUT2D eigenvalue weighted by molar-refractivity contribution is 6.10. The van der Waals surface area contributed by atoms with Crippen LogP contribution in [0.1, 0.15) is 33.4 Å². The normalized spacial score (nSPS) is 11.2. The second-order valence-corrected chi connectivity index (χ2v) is 12.5. The van der Waals surface area contributed by atoms with Gasteiger partial charge in [0.15, 0.2) is 0 Å². The Morgan fingerprint density at radius 1 is 0.239 bits per heavy atom. The van der Waals surface area contributed by atoms with Gasteiger partial charge in [0.1, 0.15) is 0 Å². The van der Waals surface area contributed by atoms with Gasteiger partial charge >= 0.3 is 0 Å². The van der Waals surface area contributed by atoms with E-state index in [0.717, 1.165) is 67.3 Å². The highest BCUT2D eigenvalue weighted by Crippen LogP contribution is 2.54. The zero-order chi connectivity index (χ0) is 32.9. The molecule has 0 fully saturated rings. The molecule has 6 aromatic carbocycles. The van der Waals surface area contributed by atoms with Crippen LogP contribution < -0.4 is 22.9 Å². The fourth-order valence-corrected chi connectivity index (χ4v) is 6.89. The summed E-state index contributed by atoms with van der Waals surface area (Å²) in [6.45, 7) is 13.5. The van der Waals surface area contributed by atoms with Crippen LogP contribution >= 0.6 is 0 Å². The van der Waals surface area contributed by atoms with Crippen LogP contribution in [0.2, 0.25) is 0 Å². The van der Waals surface area contributed by atoms with Gasteiger partial charge in [-0.15, -0.1) is 0 Å². The van der Waals surface area contributed by atoms with E-state index in [2.05, 4.69) is 90.1 Å². The molecule has 230 valence electrons. The molecule has 0 aromatic heterocycles. The maximum absolute atomic E-state index is 6.27. The summed E-state index contributed by atoms with van der Waals surface area (Å²) in [6.07, 6.45) is 0. The lowest BCUT2D eigenvalue weighted by atomic mass is 9.73. The molecule has 4 heteroatoms. The van der Waals surface area contributed by atoms with Crippen LogP contribution in [0, 0.1) is 41.5 Å². The monoisotopic (exact) mass is 602 g/mol. The Morgan fingerprint density at radius 2 is 0.478 bits per heavy atom. The lowest BCUT2D eigenvalue weighted by Crippen LogP contribution is -2.06. The number of hydrogen-bond donors (Lipinski definition) is 4. The summed E-state index contributed by atoms with van der Waals surface area (Å²) in [6, 6.07) is 32.9. The molecule has 4 nitrogen and oxygen atoms in total. The van der Waals surface area contributed by atoms with Crippen molar-refractivity contribution in [2.45, 2.75) is 41.5 Å². The Balaban J connectivity index is 1.95. The minimum Gasteiger partial charge on any atom is -0.399 e. The quantitative estimate of drug-likeness (QED) is 0.147. The van der Waals surface area contributed by atoms with E-state index in [1.165, 1.54) is 44.5 Å². The molecule has 46 heavy (non-hydrogen) atoms. The van der Waals surface area contributed by atoms with Crippen molar-refractivity contribution in [2.75, 3.05) is 22.9 Å². The van der Waals surface area contributed by atoms with Crippen LogP contribution in [0.15, 0.2) is 97.1 Å². The fraction of sp³-hybridized carbons (Fsp3) is 0.143.